The molecule has 6 rings (SSSR count). The molecule has 1 aromatic carbocycles. The number of aryl methyl sites for hydroxylation is 1. The lowest BCUT2D eigenvalue weighted by molar-refractivity contribution is -0.152. The maximum atomic E-state index is 12.7. The molecule has 0 unspecified atom stereocenters. The monoisotopic (exact) mass is 482 g/mol. The summed E-state index contributed by atoms with van der Waals surface area (Å²) in [6.07, 6.45) is 5.37. The molecular weight excluding hydrogens is 452 g/mol. The summed E-state index contributed by atoms with van der Waals surface area (Å²) in [5, 5.41) is 1.04. The summed E-state index contributed by atoms with van der Waals surface area (Å²) in [5.74, 6) is -0.156. The highest BCUT2D eigenvalue weighted by molar-refractivity contribution is 5.88. The van der Waals surface area contributed by atoms with Crippen molar-refractivity contribution in [2.45, 2.75) is 25.9 Å². The van der Waals surface area contributed by atoms with Gasteiger partial charge in [0.15, 0.2) is 0 Å². The number of carbonyl (C=O) groups is 1. The third kappa shape index (κ3) is 4.44. The number of hydrogen-bond donors (Lipinski definition) is 1. The van der Waals surface area contributed by atoms with E-state index < -0.39 is 0 Å². The third-order valence-electron chi connectivity index (χ3n) is 7.24. The van der Waals surface area contributed by atoms with Gasteiger partial charge in [0.2, 0.25) is 0 Å². The number of carbonyl (C=O) groups excluding carboxylic acids is 1. The quantitative estimate of drug-likeness (QED) is 0.429. The summed E-state index contributed by atoms with van der Waals surface area (Å²) in [7, 11) is 2.07. The van der Waals surface area contributed by atoms with Gasteiger partial charge >= 0.3 is 5.97 Å². The SMILES string of the molecule is Cc1cccc(-c2[nH]cnc2-c2ccc3ncc(N4CC[C@H](C(=O)O[C@H]5CCN(C)C5)C4)cc3c2)n1. The number of pyridine rings is 2. The van der Waals surface area contributed by atoms with Gasteiger partial charge in [-0.2, -0.15) is 0 Å². The smallest absolute Gasteiger partial charge is 0.311 e. The van der Waals surface area contributed by atoms with E-state index in [0.29, 0.717) is 6.54 Å². The van der Waals surface area contributed by atoms with E-state index in [4.69, 9.17) is 9.72 Å². The number of nitrogens with one attached hydrogen (secondary N) is 1. The fraction of sp³-hybridized carbons (Fsp3) is 0.357. The number of likely N-dealkylation sites (N-methyl/N-ethyl adjacent to an activating group) is 1. The van der Waals surface area contributed by atoms with Crippen LogP contribution in [0.1, 0.15) is 18.5 Å². The average molecular weight is 483 g/mol. The number of rotatable bonds is 5. The Morgan fingerprint density at radius 3 is 2.83 bits per heavy atom. The molecule has 36 heavy (non-hydrogen) atoms. The zero-order valence-electron chi connectivity index (χ0n) is 20.6. The number of anilines is 1. The Morgan fingerprint density at radius 1 is 1.08 bits per heavy atom. The number of aromatic nitrogens is 4. The predicted octanol–water partition coefficient (Wildman–Crippen LogP) is 4.07. The van der Waals surface area contributed by atoms with Crippen molar-refractivity contribution in [2.75, 3.05) is 38.1 Å². The number of ether oxygens (including phenoxy) is 1. The van der Waals surface area contributed by atoms with Gasteiger partial charge in [0.1, 0.15) is 6.10 Å². The lowest BCUT2D eigenvalue weighted by Crippen LogP contribution is -2.28. The zero-order chi connectivity index (χ0) is 24.6. The number of H-pyrrole nitrogens is 1. The molecular formula is C28H30N6O2. The van der Waals surface area contributed by atoms with E-state index in [0.717, 1.165) is 77.4 Å². The Balaban J connectivity index is 1.22. The first kappa shape index (κ1) is 22.7. The number of fused-ring (bicyclic) bond motifs is 1. The standard InChI is InChI=1S/C28H30N6O2/c1-18-4-3-5-25(32-18)27-26(30-17-31-27)19-6-7-24-21(12-19)13-22(14-29-24)34-11-8-20(15-34)28(35)36-23-9-10-33(2)16-23/h3-7,12-14,17,20,23H,8-11,15-16H2,1-2H3,(H,30,31)/t20-,23-/m0/s1. The molecule has 4 aromatic rings. The molecule has 5 heterocycles. The zero-order valence-corrected chi connectivity index (χ0v) is 20.6. The predicted molar refractivity (Wildman–Crippen MR) is 140 cm³/mol. The van der Waals surface area contributed by atoms with E-state index in [-0.39, 0.29) is 18.0 Å². The maximum Gasteiger partial charge on any atom is 0.311 e. The van der Waals surface area contributed by atoms with Gasteiger partial charge in [0.25, 0.3) is 0 Å². The fourth-order valence-electron chi connectivity index (χ4n) is 5.27. The van der Waals surface area contributed by atoms with Crippen LogP contribution in [-0.4, -0.2) is 70.1 Å². The summed E-state index contributed by atoms with van der Waals surface area (Å²) in [6.45, 7) is 5.28. The molecule has 2 aliphatic rings. The Morgan fingerprint density at radius 2 is 2.00 bits per heavy atom. The molecule has 184 valence electrons. The third-order valence-corrected chi connectivity index (χ3v) is 7.24. The first-order chi connectivity index (χ1) is 17.5. The highest BCUT2D eigenvalue weighted by Crippen LogP contribution is 2.32. The number of esters is 1. The molecule has 3 aromatic heterocycles. The maximum absolute atomic E-state index is 12.7. The van der Waals surface area contributed by atoms with Crippen molar-refractivity contribution in [3.63, 3.8) is 0 Å². The number of hydrogen-bond acceptors (Lipinski definition) is 7. The van der Waals surface area contributed by atoms with E-state index in [1.165, 1.54) is 0 Å². The summed E-state index contributed by atoms with van der Waals surface area (Å²) in [6, 6.07) is 14.3. The van der Waals surface area contributed by atoms with Crippen molar-refractivity contribution >= 4 is 22.6 Å². The van der Waals surface area contributed by atoms with Crippen LogP contribution in [0.3, 0.4) is 0 Å². The van der Waals surface area contributed by atoms with Crippen molar-refractivity contribution < 1.29 is 9.53 Å². The Kier molecular flexibility index (Phi) is 5.89. The van der Waals surface area contributed by atoms with Gasteiger partial charge in [0.05, 0.1) is 46.7 Å². The van der Waals surface area contributed by atoms with Crippen LogP contribution in [0.2, 0.25) is 0 Å². The summed E-state index contributed by atoms with van der Waals surface area (Å²) >= 11 is 0. The highest BCUT2D eigenvalue weighted by Gasteiger charge is 2.33. The van der Waals surface area contributed by atoms with Crippen LogP contribution in [0.5, 0.6) is 0 Å². The van der Waals surface area contributed by atoms with Gasteiger partial charge in [-0.25, -0.2) is 4.98 Å². The minimum atomic E-state index is -0.0913. The molecule has 0 amide bonds. The fourth-order valence-corrected chi connectivity index (χ4v) is 5.27. The Labute approximate surface area is 210 Å². The van der Waals surface area contributed by atoms with Crippen molar-refractivity contribution in [3.8, 4) is 22.6 Å². The second kappa shape index (κ2) is 9.35. The van der Waals surface area contributed by atoms with E-state index in [2.05, 4.69) is 43.9 Å². The molecule has 0 bridgehead atoms. The molecule has 0 radical (unpaired) electrons. The molecule has 8 nitrogen and oxygen atoms in total. The molecule has 2 saturated heterocycles. The molecule has 0 saturated carbocycles. The Bertz CT molecular complexity index is 1420. The Hall–Kier alpha value is -3.78. The van der Waals surface area contributed by atoms with Crippen LogP contribution in [0.25, 0.3) is 33.5 Å². The number of nitrogens with zero attached hydrogens (tertiary/aromatic N) is 5. The minimum Gasteiger partial charge on any atom is -0.461 e. The average Bonchev–Trinajstić information content (AvgIpc) is 3.64. The van der Waals surface area contributed by atoms with Crippen molar-refractivity contribution in [2.24, 2.45) is 5.92 Å². The van der Waals surface area contributed by atoms with E-state index in [1.807, 2.05) is 43.5 Å². The van der Waals surface area contributed by atoms with Gasteiger partial charge < -0.3 is 19.5 Å². The number of likely N-dealkylation sites (tertiary alicyclic amines) is 1. The molecule has 0 spiro atoms. The molecule has 2 aliphatic heterocycles. The van der Waals surface area contributed by atoms with E-state index in [9.17, 15) is 4.79 Å². The topological polar surface area (TPSA) is 87.2 Å². The summed E-state index contributed by atoms with van der Waals surface area (Å²) < 4.78 is 5.79. The van der Waals surface area contributed by atoms with Gasteiger partial charge in [-0.05, 0) is 57.1 Å². The highest BCUT2D eigenvalue weighted by atomic mass is 16.5. The lowest BCUT2D eigenvalue weighted by Gasteiger charge is -2.19. The molecule has 0 aliphatic carbocycles. The summed E-state index contributed by atoms with van der Waals surface area (Å²) in [5.41, 5.74) is 6.55. The van der Waals surface area contributed by atoms with Crippen LogP contribution >= 0.6 is 0 Å². The number of imidazole rings is 1. The molecule has 2 atom stereocenters. The molecule has 1 N–H and O–H groups in total. The van der Waals surface area contributed by atoms with Crippen LogP contribution in [0, 0.1) is 12.8 Å². The second-order valence-electron chi connectivity index (χ2n) is 9.93. The van der Waals surface area contributed by atoms with Crippen molar-refractivity contribution in [3.05, 3.63) is 60.7 Å². The number of aromatic amines is 1. The number of benzene rings is 1. The lowest BCUT2D eigenvalue weighted by atomic mass is 10.0. The van der Waals surface area contributed by atoms with Gasteiger partial charge in [-0.15, -0.1) is 0 Å². The second-order valence-corrected chi connectivity index (χ2v) is 9.93. The van der Waals surface area contributed by atoms with Crippen molar-refractivity contribution in [1.29, 1.82) is 0 Å². The largest absolute Gasteiger partial charge is 0.461 e. The van der Waals surface area contributed by atoms with Crippen molar-refractivity contribution in [1.82, 2.24) is 24.8 Å². The first-order valence-corrected chi connectivity index (χ1v) is 12.5. The molecule has 8 heteroatoms. The first-order valence-electron chi connectivity index (χ1n) is 12.5. The van der Waals surface area contributed by atoms with E-state index in [1.54, 1.807) is 6.33 Å². The van der Waals surface area contributed by atoms with Gasteiger partial charge in [-0.3, -0.25) is 14.8 Å². The van der Waals surface area contributed by atoms with E-state index >= 15 is 0 Å². The van der Waals surface area contributed by atoms with Gasteiger partial charge in [-0.1, -0.05) is 12.1 Å². The summed E-state index contributed by atoms with van der Waals surface area (Å²) in [4.78, 5) is 34.4. The molecule has 2 fully saturated rings. The van der Waals surface area contributed by atoms with Crippen LogP contribution in [0.4, 0.5) is 5.69 Å². The van der Waals surface area contributed by atoms with Crippen LogP contribution in [0.15, 0.2) is 55.0 Å². The normalized spacial score (nSPS) is 20.3. The van der Waals surface area contributed by atoms with Gasteiger partial charge in [0, 0.05) is 42.8 Å². The minimum absolute atomic E-state index is 0.0271. The van der Waals surface area contributed by atoms with Crippen LogP contribution < -0.4 is 4.90 Å². The van der Waals surface area contributed by atoms with Crippen LogP contribution in [-0.2, 0) is 9.53 Å².